The zero-order valence-corrected chi connectivity index (χ0v) is 10.5. The second-order valence-corrected chi connectivity index (χ2v) is 5.37. The maximum Gasteiger partial charge on any atom is 0.347 e. The SMILES string of the molecule is Cc1c(C(=O)O)sc2nc(-c3ccsc3)cn12. The summed E-state index contributed by atoms with van der Waals surface area (Å²) in [6.07, 6.45) is 1.88. The first-order valence-corrected chi connectivity index (χ1v) is 6.67. The van der Waals surface area contributed by atoms with Gasteiger partial charge in [0, 0.05) is 22.8 Å². The Balaban J connectivity index is 2.19. The van der Waals surface area contributed by atoms with Crippen molar-refractivity contribution < 1.29 is 9.90 Å². The molecule has 0 fully saturated rings. The molecule has 86 valence electrons. The Morgan fingerprint density at radius 3 is 2.94 bits per heavy atom. The number of thiophene rings is 1. The van der Waals surface area contributed by atoms with Gasteiger partial charge < -0.3 is 5.11 Å². The van der Waals surface area contributed by atoms with E-state index < -0.39 is 5.97 Å². The molecule has 0 aliphatic carbocycles. The van der Waals surface area contributed by atoms with Crippen molar-refractivity contribution in [3.05, 3.63) is 33.6 Å². The maximum atomic E-state index is 11.0. The highest BCUT2D eigenvalue weighted by atomic mass is 32.1. The third kappa shape index (κ3) is 1.57. The fourth-order valence-corrected chi connectivity index (χ4v) is 3.30. The van der Waals surface area contributed by atoms with Crippen molar-refractivity contribution in [1.82, 2.24) is 9.38 Å². The standard InChI is InChI=1S/C11H8N2O2S2/c1-6-9(10(14)15)17-11-12-8(4-13(6)11)7-2-3-16-5-7/h2-5H,1H3,(H,14,15). The summed E-state index contributed by atoms with van der Waals surface area (Å²) in [5, 5.41) is 13.0. The maximum absolute atomic E-state index is 11.0. The summed E-state index contributed by atoms with van der Waals surface area (Å²) in [6.45, 7) is 1.80. The van der Waals surface area contributed by atoms with Crippen molar-refractivity contribution in [3.63, 3.8) is 0 Å². The number of carboxylic acids is 1. The number of rotatable bonds is 2. The number of aryl methyl sites for hydroxylation is 1. The Morgan fingerprint density at radius 2 is 2.35 bits per heavy atom. The Labute approximate surface area is 105 Å². The summed E-state index contributed by atoms with van der Waals surface area (Å²) in [4.78, 5) is 16.5. The molecule has 0 spiro atoms. The van der Waals surface area contributed by atoms with E-state index in [0.717, 1.165) is 21.9 Å². The van der Waals surface area contributed by atoms with Crippen LogP contribution < -0.4 is 0 Å². The lowest BCUT2D eigenvalue weighted by Gasteiger charge is -1.91. The van der Waals surface area contributed by atoms with Crippen molar-refractivity contribution >= 4 is 33.6 Å². The molecule has 3 heterocycles. The predicted molar refractivity (Wildman–Crippen MR) is 68.1 cm³/mol. The first kappa shape index (κ1) is 10.5. The summed E-state index contributed by atoms with van der Waals surface area (Å²) < 4.78 is 1.83. The van der Waals surface area contributed by atoms with Crippen LogP contribution in [-0.4, -0.2) is 20.5 Å². The quantitative estimate of drug-likeness (QED) is 0.773. The van der Waals surface area contributed by atoms with E-state index >= 15 is 0 Å². The third-order valence-electron chi connectivity index (χ3n) is 2.57. The van der Waals surface area contributed by atoms with Gasteiger partial charge in [0.2, 0.25) is 0 Å². The molecule has 0 unspecified atom stereocenters. The lowest BCUT2D eigenvalue weighted by atomic mass is 10.3. The summed E-state index contributed by atoms with van der Waals surface area (Å²) in [5.74, 6) is -0.893. The number of aromatic nitrogens is 2. The second-order valence-electron chi connectivity index (χ2n) is 3.61. The molecule has 3 rings (SSSR count). The lowest BCUT2D eigenvalue weighted by Crippen LogP contribution is -1.96. The van der Waals surface area contributed by atoms with Crippen molar-refractivity contribution in [2.75, 3.05) is 0 Å². The fraction of sp³-hybridized carbons (Fsp3) is 0.0909. The van der Waals surface area contributed by atoms with Gasteiger partial charge in [0.1, 0.15) is 4.88 Å². The molecule has 0 atom stereocenters. The van der Waals surface area contributed by atoms with E-state index in [4.69, 9.17) is 5.11 Å². The van der Waals surface area contributed by atoms with E-state index in [0.29, 0.717) is 4.88 Å². The predicted octanol–water partition coefficient (Wildman–Crippen LogP) is 3.13. The summed E-state index contributed by atoms with van der Waals surface area (Å²) in [6, 6.07) is 2.00. The molecule has 6 heteroatoms. The van der Waals surface area contributed by atoms with E-state index in [9.17, 15) is 4.79 Å². The average Bonchev–Trinajstić information content (AvgIpc) is 2.94. The molecule has 17 heavy (non-hydrogen) atoms. The van der Waals surface area contributed by atoms with Crippen molar-refractivity contribution in [3.8, 4) is 11.3 Å². The average molecular weight is 264 g/mol. The highest BCUT2D eigenvalue weighted by Gasteiger charge is 2.16. The van der Waals surface area contributed by atoms with Gasteiger partial charge in [-0.2, -0.15) is 11.3 Å². The van der Waals surface area contributed by atoms with Gasteiger partial charge in [-0.05, 0) is 18.4 Å². The number of hydrogen-bond donors (Lipinski definition) is 1. The van der Waals surface area contributed by atoms with Gasteiger partial charge in [0.15, 0.2) is 4.96 Å². The molecule has 0 amide bonds. The number of carbonyl (C=O) groups is 1. The van der Waals surface area contributed by atoms with Gasteiger partial charge in [-0.3, -0.25) is 4.40 Å². The Bertz CT molecular complexity index is 695. The van der Waals surface area contributed by atoms with Crippen LogP contribution >= 0.6 is 22.7 Å². The molecule has 0 radical (unpaired) electrons. The number of thiazole rings is 1. The molecule has 0 aliphatic heterocycles. The zero-order valence-electron chi connectivity index (χ0n) is 8.88. The molecule has 4 nitrogen and oxygen atoms in total. The summed E-state index contributed by atoms with van der Waals surface area (Å²) >= 11 is 2.83. The number of imidazole rings is 1. The molecule has 1 N–H and O–H groups in total. The highest BCUT2D eigenvalue weighted by molar-refractivity contribution is 7.19. The van der Waals surface area contributed by atoms with E-state index in [-0.39, 0.29) is 0 Å². The minimum Gasteiger partial charge on any atom is -0.477 e. The highest BCUT2D eigenvalue weighted by Crippen LogP contribution is 2.27. The number of carboxylic acid groups (broad SMARTS) is 1. The first-order chi connectivity index (χ1) is 8.16. The number of aromatic carboxylic acids is 1. The lowest BCUT2D eigenvalue weighted by molar-refractivity contribution is 0.0701. The van der Waals surface area contributed by atoms with Crippen LogP contribution in [0.3, 0.4) is 0 Å². The first-order valence-electron chi connectivity index (χ1n) is 4.91. The van der Waals surface area contributed by atoms with E-state index in [1.807, 2.05) is 27.4 Å². The molecule has 0 bridgehead atoms. The van der Waals surface area contributed by atoms with Crippen molar-refractivity contribution in [2.24, 2.45) is 0 Å². The normalized spacial score (nSPS) is 11.1. The minimum atomic E-state index is -0.893. The Morgan fingerprint density at radius 1 is 1.53 bits per heavy atom. The van der Waals surface area contributed by atoms with Gasteiger partial charge in [-0.1, -0.05) is 11.3 Å². The zero-order chi connectivity index (χ0) is 12.0. The smallest absolute Gasteiger partial charge is 0.347 e. The van der Waals surface area contributed by atoms with Gasteiger partial charge in [0.05, 0.1) is 5.69 Å². The van der Waals surface area contributed by atoms with Crippen LogP contribution in [0.2, 0.25) is 0 Å². The van der Waals surface area contributed by atoms with Crippen LogP contribution in [-0.2, 0) is 0 Å². The van der Waals surface area contributed by atoms with Gasteiger partial charge >= 0.3 is 5.97 Å². The fourth-order valence-electron chi connectivity index (χ4n) is 1.70. The van der Waals surface area contributed by atoms with E-state index in [2.05, 4.69) is 4.98 Å². The molecule has 0 saturated carbocycles. The number of fused-ring (bicyclic) bond motifs is 1. The second kappa shape index (κ2) is 3.68. The topological polar surface area (TPSA) is 54.6 Å². The van der Waals surface area contributed by atoms with Crippen LogP contribution in [0.15, 0.2) is 23.0 Å². The molecule has 3 aromatic rings. The summed E-state index contributed by atoms with van der Waals surface area (Å²) in [5.41, 5.74) is 2.69. The van der Waals surface area contributed by atoms with Crippen LogP contribution in [0.5, 0.6) is 0 Å². The summed E-state index contributed by atoms with van der Waals surface area (Å²) in [7, 11) is 0. The molecule has 3 aromatic heterocycles. The van der Waals surface area contributed by atoms with Crippen molar-refractivity contribution in [2.45, 2.75) is 6.92 Å². The van der Waals surface area contributed by atoms with Gasteiger partial charge in [0.25, 0.3) is 0 Å². The molecule has 0 aromatic carbocycles. The number of nitrogens with zero attached hydrogens (tertiary/aromatic N) is 2. The van der Waals surface area contributed by atoms with Crippen LogP contribution in [0.1, 0.15) is 15.4 Å². The van der Waals surface area contributed by atoms with E-state index in [1.165, 1.54) is 11.3 Å². The molecule has 0 aliphatic rings. The number of hydrogen-bond acceptors (Lipinski definition) is 4. The van der Waals surface area contributed by atoms with Crippen LogP contribution in [0.25, 0.3) is 16.2 Å². The van der Waals surface area contributed by atoms with E-state index in [1.54, 1.807) is 18.3 Å². The molecular formula is C11H8N2O2S2. The van der Waals surface area contributed by atoms with Crippen LogP contribution in [0.4, 0.5) is 0 Å². The van der Waals surface area contributed by atoms with Gasteiger partial charge in [-0.15, -0.1) is 0 Å². The molecule has 0 saturated heterocycles. The largest absolute Gasteiger partial charge is 0.477 e. The third-order valence-corrected chi connectivity index (χ3v) is 4.40. The van der Waals surface area contributed by atoms with Crippen molar-refractivity contribution in [1.29, 1.82) is 0 Å². The minimum absolute atomic E-state index is 0.351. The monoisotopic (exact) mass is 264 g/mol. The Kier molecular flexibility index (Phi) is 2.27. The Hall–Kier alpha value is -1.66. The van der Waals surface area contributed by atoms with Crippen LogP contribution in [0, 0.1) is 6.92 Å². The molecular weight excluding hydrogens is 256 g/mol. The van der Waals surface area contributed by atoms with Gasteiger partial charge in [-0.25, -0.2) is 9.78 Å².